The first-order chi connectivity index (χ1) is 17.5. The van der Waals surface area contributed by atoms with Crippen LogP contribution in [0.4, 0.5) is 0 Å². The Morgan fingerprint density at radius 1 is 1.14 bits per heavy atom. The minimum absolute atomic E-state index is 0.0855. The number of methoxy groups -OCH3 is 1. The van der Waals surface area contributed by atoms with Crippen LogP contribution >= 0.6 is 0 Å². The number of pyridine rings is 1. The molecule has 3 aromatic rings. The molecule has 2 N–H and O–H groups in total. The lowest BCUT2D eigenvalue weighted by molar-refractivity contribution is -0.140. The van der Waals surface area contributed by atoms with E-state index in [0.29, 0.717) is 11.7 Å². The summed E-state index contributed by atoms with van der Waals surface area (Å²) in [7, 11) is 1.77. The summed E-state index contributed by atoms with van der Waals surface area (Å²) in [5, 5.41) is 0. The fraction of sp³-hybridized carbons (Fsp3) is 0.393. The summed E-state index contributed by atoms with van der Waals surface area (Å²) >= 11 is 0. The van der Waals surface area contributed by atoms with Crippen molar-refractivity contribution in [3.8, 4) is 11.1 Å². The van der Waals surface area contributed by atoms with E-state index in [-0.39, 0.29) is 29.9 Å². The molecule has 1 amide bonds. The Morgan fingerprint density at radius 2 is 1.97 bits per heavy atom. The van der Waals surface area contributed by atoms with Crippen LogP contribution in [-0.4, -0.2) is 44.9 Å². The van der Waals surface area contributed by atoms with Gasteiger partial charge in [0.05, 0.1) is 12.6 Å². The van der Waals surface area contributed by atoms with Crippen molar-refractivity contribution in [3.63, 3.8) is 0 Å². The zero-order valence-corrected chi connectivity index (χ0v) is 20.6. The molecule has 1 aromatic carbocycles. The molecule has 0 bridgehead atoms. The van der Waals surface area contributed by atoms with Crippen molar-refractivity contribution in [3.05, 3.63) is 78.1 Å². The topological polar surface area (TPSA) is 107 Å². The van der Waals surface area contributed by atoms with Crippen molar-refractivity contribution >= 4 is 11.9 Å². The Hall–Kier alpha value is -3.65. The molecule has 0 radical (unpaired) electrons. The monoisotopic (exact) mass is 482 g/mol. The molecule has 8 heteroatoms. The van der Waals surface area contributed by atoms with Gasteiger partial charge in [-0.1, -0.05) is 25.1 Å². The number of carbonyl (C=O) groups is 1. The van der Waals surface area contributed by atoms with Gasteiger partial charge in [0.25, 0.3) is 5.91 Å². The Kier molecular flexibility index (Phi) is 5.37. The lowest BCUT2D eigenvalue weighted by atomic mass is 9.59. The number of aliphatic imine (C=N–C) groups is 1. The SMILES string of the molecule is COC1CCC2(Cc3ccc(-c4cccnc4)cc3C23N=C(N)N(Cc2ncccn2)C3=O)CC1C. The zero-order valence-electron chi connectivity index (χ0n) is 20.6. The summed E-state index contributed by atoms with van der Waals surface area (Å²) in [4.78, 5) is 34.1. The van der Waals surface area contributed by atoms with Gasteiger partial charge in [-0.15, -0.1) is 0 Å². The fourth-order valence-electron chi connectivity index (χ4n) is 6.76. The maximum Gasteiger partial charge on any atom is 0.262 e. The number of ether oxygens (including phenoxy) is 1. The van der Waals surface area contributed by atoms with Crippen molar-refractivity contribution in [1.29, 1.82) is 0 Å². The van der Waals surface area contributed by atoms with Gasteiger partial charge in [0.15, 0.2) is 11.5 Å². The van der Waals surface area contributed by atoms with Gasteiger partial charge in [0.2, 0.25) is 0 Å². The molecule has 6 rings (SSSR count). The molecule has 1 fully saturated rings. The zero-order chi connectivity index (χ0) is 24.9. The molecule has 8 nitrogen and oxygen atoms in total. The van der Waals surface area contributed by atoms with Crippen LogP contribution in [0.3, 0.4) is 0 Å². The van der Waals surface area contributed by atoms with Gasteiger partial charge in [0, 0.05) is 37.3 Å². The molecule has 2 aromatic heterocycles. The molecule has 2 spiro atoms. The fourth-order valence-corrected chi connectivity index (χ4v) is 6.76. The number of aromatic nitrogens is 3. The third kappa shape index (κ3) is 3.27. The van der Waals surface area contributed by atoms with E-state index in [1.165, 1.54) is 0 Å². The first kappa shape index (κ1) is 22.8. The molecular weight excluding hydrogens is 452 g/mol. The minimum atomic E-state index is -1.08. The van der Waals surface area contributed by atoms with E-state index >= 15 is 0 Å². The Bertz CT molecular complexity index is 1330. The first-order valence-electron chi connectivity index (χ1n) is 12.5. The molecule has 4 atom stereocenters. The van der Waals surface area contributed by atoms with Crippen LogP contribution in [0.2, 0.25) is 0 Å². The first-order valence-corrected chi connectivity index (χ1v) is 12.5. The van der Waals surface area contributed by atoms with Crippen LogP contribution in [0.15, 0.2) is 66.2 Å². The Balaban J connectivity index is 1.49. The molecule has 3 heterocycles. The van der Waals surface area contributed by atoms with Crippen LogP contribution < -0.4 is 5.73 Å². The molecular formula is C28H30N6O2. The number of rotatable bonds is 4. The maximum absolute atomic E-state index is 14.5. The maximum atomic E-state index is 14.5. The number of benzene rings is 1. The van der Waals surface area contributed by atoms with Gasteiger partial charge >= 0.3 is 0 Å². The number of nitrogens with two attached hydrogens (primary N) is 1. The second-order valence-corrected chi connectivity index (χ2v) is 10.3. The van der Waals surface area contributed by atoms with E-state index in [9.17, 15) is 4.79 Å². The standard InChI is InChI=1S/C28H30N6O2/c1-18-14-27(9-8-23(18)36-2)15-20-7-6-19(21-5-3-10-30-16-21)13-22(20)28(27)25(35)34(26(29)33-28)17-24-31-11-4-12-32-24/h3-7,10-13,16,18,23H,8-9,14-15,17H2,1-2H3,(H2,29,33). The number of fused-ring (bicyclic) bond motifs is 3. The van der Waals surface area contributed by atoms with E-state index in [0.717, 1.165) is 47.9 Å². The summed E-state index contributed by atoms with van der Waals surface area (Å²) in [5.41, 5.74) is 9.21. The second-order valence-electron chi connectivity index (χ2n) is 10.3. The van der Waals surface area contributed by atoms with Crippen molar-refractivity contribution in [1.82, 2.24) is 19.9 Å². The quantitative estimate of drug-likeness (QED) is 0.610. The normalized spacial score (nSPS) is 29.1. The van der Waals surface area contributed by atoms with Gasteiger partial charge in [-0.05, 0) is 72.1 Å². The molecule has 3 aliphatic rings. The Morgan fingerprint density at radius 3 is 2.69 bits per heavy atom. The molecule has 2 aliphatic carbocycles. The highest BCUT2D eigenvalue weighted by atomic mass is 16.5. The number of hydrogen-bond donors (Lipinski definition) is 1. The van der Waals surface area contributed by atoms with Crippen molar-refractivity contribution in [2.45, 2.75) is 50.8 Å². The number of carbonyl (C=O) groups excluding carboxylic acids is 1. The predicted molar refractivity (Wildman–Crippen MR) is 136 cm³/mol. The Labute approximate surface area is 210 Å². The lowest BCUT2D eigenvalue weighted by Gasteiger charge is -2.47. The average molecular weight is 483 g/mol. The summed E-state index contributed by atoms with van der Waals surface area (Å²) < 4.78 is 5.78. The number of guanidine groups is 1. The summed E-state index contributed by atoms with van der Waals surface area (Å²) in [6.07, 6.45) is 10.5. The molecule has 4 unspecified atom stereocenters. The number of nitrogens with zero attached hydrogens (tertiary/aromatic N) is 5. The van der Waals surface area contributed by atoms with E-state index in [4.69, 9.17) is 15.5 Å². The molecule has 0 saturated heterocycles. The summed E-state index contributed by atoms with van der Waals surface area (Å²) in [6, 6.07) is 12.1. The van der Waals surface area contributed by atoms with Crippen LogP contribution in [-0.2, 0) is 28.0 Å². The smallest absolute Gasteiger partial charge is 0.262 e. The van der Waals surface area contributed by atoms with E-state index in [1.54, 1.807) is 36.7 Å². The van der Waals surface area contributed by atoms with Crippen LogP contribution in [0, 0.1) is 11.3 Å². The van der Waals surface area contributed by atoms with Gasteiger partial charge < -0.3 is 10.5 Å². The van der Waals surface area contributed by atoms with Gasteiger partial charge in [-0.25, -0.2) is 15.0 Å². The third-order valence-electron chi connectivity index (χ3n) is 8.38. The average Bonchev–Trinajstić information content (AvgIpc) is 3.31. The van der Waals surface area contributed by atoms with Crippen molar-refractivity contribution in [2.24, 2.45) is 22.1 Å². The highest BCUT2D eigenvalue weighted by Crippen LogP contribution is 2.63. The van der Waals surface area contributed by atoms with Crippen LogP contribution in [0.5, 0.6) is 0 Å². The van der Waals surface area contributed by atoms with E-state index in [2.05, 4.69) is 40.1 Å². The van der Waals surface area contributed by atoms with Gasteiger partial charge in [0.1, 0.15) is 5.82 Å². The van der Waals surface area contributed by atoms with Crippen LogP contribution in [0.25, 0.3) is 11.1 Å². The summed E-state index contributed by atoms with van der Waals surface area (Å²) in [5.74, 6) is 0.975. The molecule has 1 saturated carbocycles. The summed E-state index contributed by atoms with van der Waals surface area (Å²) in [6.45, 7) is 2.41. The van der Waals surface area contributed by atoms with E-state index < -0.39 is 5.54 Å². The van der Waals surface area contributed by atoms with Crippen LogP contribution in [0.1, 0.15) is 43.1 Å². The number of hydrogen-bond acceptors (Lipinski definition) is 7. The lowest BCUT2D eigenvalue weighted by Crippen LogP contribution is -2.53. The van der Waals surface area contributed by atoms with Gasteiger partial charge in [-0.2, -0.15) is 0 Å². The highest BCUT2D eigenvalue weighted by molar-refractivity contribution is 6.08. The second kappa shape index (κ2) is 8.48. The predicted octanol–water partition coefficient (Wildman–Crippen LogP) is 3.47. The molecule has 1 aliphatic heterocycles. The highest BCUT2D eigenvalue weighted by Gasteiger charge is 2.67. The molecule has 36 heavy (non-hydrogen) atoms. The van der Waals surface area contributed by atoms with Crippen molar-refractivity contribution < 1.29 is 9.53 Å². The van der Waals surface area contributed by atoms with E-state index in [1.807, 2.05) is 18.3 Å². The minimum Gasteiger partial charge on any atom is -0.381 e. The number of amides is 1. The largest absolute Gasteiger partial charge is 0.381 e. The van der Waals surface area contributed by atoms with Gasteiger partial charge in [-0.3, -0.25) is 14.7 Å². The third-order valence-corrected chi connectivity index (χ3v) is 8.38. The molecule has 184 valence electrons. The van der Waals surface area contributed by atoms with Crippen molar-refractivity contribution in [2.75, 3.05) is 7.11 Å².